The third-order valence-electron chi connectivity index (χ3n) is 3.65. The molecule has 1 fully saturated rings. The molecular formula is C12H20F3NO3. The van der Waals surface area contributed by atoms with Crippen LogP contribution in [0.25, 0.3) is 0 Å². The van der Waals surface area contributed by atoms with E-state index >= 15 is 0 Å². The fourth-order valence-corrected chi connectivity index (χ4v) is 2.56. The van der Waals surface area contributed by atoms with Gasteiger partial charge < -0.3 is 10.2 Å². The number of likely N-dealkylation sites (tertiary alicyclic amines) is 1. The third kappa shape index (κ3) is 3.60. The molecule has 0 saturated carbocycles. The van der Waals surface area contributed by atoms with Gasteiger partial charge in [-0.3, -0.25) is 9.69 Å². The van der Waals surface area contributed by atoms with E-state index in [4.69, 9.17) is 5.11 Å². The maximum absolute atomic E-state index is 12.8. The minimum absolute atomic E-state index is 0.0643. The molecule has 7 heteroatoms. The van der Waals surface area contributed by atoms with Crippen LogP contribution in [-0.4, -0.2) is 52.0 Å². The van der Waals surface area contributed by atoms with E-state index in [9.17, 15) is 23.1 Å². The topological polar surface area (TPSA) is 60.8 Å². The van der Waals surface area contributed by atoms with Crippen LogP contribution >= 0.6 is 0 Å². The lowest BCUT2D eigenvalue weighted by Gasteiger charge is -2.31. The van der Waals surface area contributed by atoms with Gasteiger partial charge in [0, 0.05) is 6.54 Å². The number of nitrogens with zero attached hydrogens (tertiary/aromatic N) is 1. The lowest BCUT2D eigenvalue weighted by molar-refractivity contribution is -0.263. The van der Waals surface area contributed by atoms with Crippen molar-refractivity contribution in [3.63, 3.8) is 0 Å². The number of halogens is 3. The van der Waals surface area contributed by atoms with Gasteiger partial charge in [0.2, 0.25) is 0 Å². The minimum atomic E-state index is -4.67. The molecule has 4 nitrogen and oxygen atoms in total. The number of hydrogen-bond donors (Lipinski definition) is 2. The zero-order valence-corrected chi connectivity index (χ0v) is 11.1. The highest BCUT2D eigenvalue weighted by atomic mass is 19.4. The molecule has 1 rings (SSSR count). The van der Waals surface area contributed by atoms with Crippen molar-refractivity contribution in [1.82, 2.24) is 4.90 Å². The summed E-state index contributed by atoms with van der Waals surface area (Å²) in [7, 11) is 0. The summed E-state index contributed by atoms with van der Waals surface area (Å²) in [6.07, 6.45) is -5.39. The summed E-state index contributed by atoms with van der Waals surface area (Å²) in [5.74, 6) is -1.23. The zero-order chi connectivity index (χ0) is 14.8. The summed E-state index contributed by atoms with van der Waals surface area (Å²) in [5.41, 5.74) is -2.69. The van der Waals surface area contributed by atoms with Crippen LogP contribution in [0.4, 0.5) is 13.2 Å². The standard InChI is InChI=1S/C12H20F3NO3/c1-8(2)9(10(17)18)16-6-3-4-11(19,5-7-16)12(13,14)15/h8-9,19H,3-7H2,1-2H3,(H,17,18). The second-order valence-corrected chi connectivity index (χ2v) is 5.45. The Labute approximate surface area is 110 Å². The molecule has 2 N–H and O–H groups in total. The normalized spacial score (nSPS) is 28.2. The average molecular weight is 283 g/mol. The summed E-state index contributed by atoms with van der Waals surface area (Å²) in [6.45, 7) is 3.64. The predicted molar refractivity (Wildman–Crippen MR) is 62.7 cm³/mol. The Balaban J connectivity index is 2.81. The van der Waals surface area contributed by atoms with Crippen molar-refractivity contribution in [2.45, 2.75) is 50.9 Å². The summed E-state index contributed by atoms with van der Waals surface area (Å²) in [6, 6.07) is -0.810. The molecule has 1 heterocycles. The number of carbonyl (C=O) groups is 1. The first kappa shape index (κ1) is 16.2. The molecule has 112 valence electrons. The number of carboxylic acid groups (broad SMARTS) is 1. The number of aliphatic carboxylic acids is 1. The number of hydrogen-bond acceptors (Lipinski definition) is 3. The Kier molecular flexibility index (Phi) is 4.84. The molecule has 0 aromatic heterocycles. The maximum Gasteiger partial charge on any atom is 0.417 e. The van der Waals surface area contributed by atoms with Crippen LogP contribution in [0.1, 0.15) is 33.1 Å². The Bertz CT molecular complexity index is 333. The van der Waals surface area contributed by atoms with E-state index in [2.05, 4.69) is 0 Å². The fraction of sp³-hybridized carbons (Fsp3) is 0.917. The number of aliphatic hydroxyl groups is 1. The van der Waals surface area contributed by atoms with E-state index < -0.39 is 30.2 Å². The lowest BCUT2D eigenvalue weighted by atomic mass is 9.94. The second kappa shape index (κ2) is 5.66. The first-order valence-corrected chi connectivity index (χ1v) is 6.34. The van der Waals surface area contributed by atoms with Gasteiger partial charge in [-0.25, -0.2) is 0 Å². The second-order valence-electron chi connectivity index (χ2n) is 5.45. The van der Waals surface area contributed by atoms with Gasteiger partial charge in [-0.1, -0.05) is 13.8 Å². The van der Waals surface area contributed by atoms with E-state index in [1.807, 2.05) is 0 Å². The molecule has 2 atom stereocenters. The number of alkyl halides is 3. The van der Waals surface area contributed by atoms with E-state index in [-0.39, 0.29) is 31.8 Å². The summed E-state index contributed by atoms with van der Waals surface area (Å²) >= 11 is 0. The maximum atomic E-state index is 12.8. The Morgan fingerprint density at radius 1 is 1.26 bits per heavy atom. The molecule has 0 amide bonds. The molecule has 1 aliphatic rings. The SMILES string of the molecule is CC(C)C(C(=O)O)N1CCCC(O)(C(F)(F)F)CC1. The summed E-state index contributed by atoms with van der Waals surface area (Å²) < 4.78 is 38.3. The van der Waals surface area contributed by atoms with Crippen LogP contribution in [0.15, 0.2) is 0 Å². The van der Waals surface area contributed by atoms with Crippen LogP contribution in [0.2, 0.25) is 0 Å². The van der Waals surface area contributed by atoms with Crippen LogP contribution in [0, 0.1) is 5.92 Å². The molecule has 2 unspecified atom stereocenters. The van der Waals surface area contributed by atoms with Gasteiger partial charge in [0.25, 0.3) is 0 Å². The average Bonchev–Trinajstić information content (AvgIpc) is 2.40. The molecule has 0 aliphatic carbocycles. The molecule has 1 saturated heterocycles. The summed E-state index contributed by atoms with van der Waals surface area (Å²) in [5, 5.41) is 18.8. The number of carboxylic acids is 1. The van der Waals surface area contributed by atoms with Crippen LogP contribution < -0.4 is 0 Å². The van der Waals surface area contributed by atoms with Crippen molar-refractivity contribution in [3.8, 4) is 0 Å². The van der Waals surface area contributed by atoms with Gasteiger partial charge in [0.15, 0.2) is 5.60 Å². The van der Waals surface area contributed by atoms with Crippen molar-refractivity contribution in [3.05, 3.63) is 0 Å². The van der Waals surface area contributed by atoms with E-state index in [1.54, 1.807) is 13.8 Å². The van der Waals surface area contributed by atoms with Gasteiger partial charge >= 0.3 is 12.1 Å². The quantitative estimate of drug-likeness (QED) is 0.830. The highest BCUT2D eigenvalue weighted by Crippen LogP contribution is 2.38. The molecule has 0 radical (unpaired) electrons. The minimum Gasteiger partial charge on any atom is -0.480 e. The van der Waals surface area contributed by atoms with E-state index in [0.717, 1.165) is 0 Å². The summed E-state index contributed by atoms with van der Waals surface area (Å²) in [4.78, 5) is 12.7. The highest BCUT2D eigenvalue weighted by molar-refractivity contribution is 5.73. The van der Waals surface area contributed by atoms with Gasteiger partial charge in [0.1, 0.15) is 6.04 Å². The molecule has 19 heavy (non-hydrogen) atoms. The third-order valence-corrected chi connectivity index (χ3v) is 3.65. The Hall–Kier alpha value is -0.820. The lowest BCUT2D eigenvalue weighted by Crippen LogP contribution is -2.48. The van der Waals surface area contributed by atoms with Crippen LogP contribution in [0.5, 0.6) is 0 Å². The molecule has 0 spiro atoms. The van der Waals surface area contributed by atoms with E-state index in [1.165, 1.54) is 4.90 Å². The highest BCUT2D eigenvalue weighted by Gasteiger charge is 2.53. The van der Waals surface area contributed by atoms with Gasteiger partial charge in [-0.15, -0.1) is 0 Å². The molecule has 0 aromatic carbocycles. The zero-order valence-electron chi connectivity index (χ0n) is 11.1. The smallest absolute Gasteiger partial charge is 0.417 e. The molecule has 0 bridgehead atoms. The monoisotopic (exact) mass is 283 g/mol. The van der Waals surface area contributed by atoms with Gasteiger partial charge in [-0.2, -0.15) is 13.2 Å². The van der Waals surface area contributed by atoms with Crippen LogP contribution in [-0.2, 0) is 4.79 Å². The largest absolute Gasteiger partial charge is 0.480 e. The Morgan fingerprint density at radius 2 is 1.84 bits per heavy atom. The van der Waals surface area contributed by atoms with Gasteiger partial charge in [0.05, 0.1) is 0 Å². The van der Waals surface area contributed by atoms with Crippen molar-refractivity contribution in [2.24, 2.45) is 5.92 Å². The Morgan fingerprint density at radius 3 is 2.26 bits per heavy atom. The van der Waals surface area contributed by atoms with Crippen LogP contribution in [0.3, 0.4) is 0 Å². The molecule has 0 aromatic rings. The van der Waals surface area contributed by atoms with Crippen molar-refractivity contribution < 1.29 is 28.2 Å². The number of rotatable bonds is 3. The predicted octanol–water partition coefficient (Wildman–Crippen LogP) is 1.87. The molecule has 1 aliphatic heterocycles. The van der Waals surface area contributed by atoms with E-state index in [0.29, 0.717) is 0 Å². The van der Waals surface area contributed by atoms with Gasteiger partial charge in [-0.05, 0) is 31.7 Å². The molecular weight excluding hydrogens is 263 g/mol. The first-order valence-electron chi connectivity index (χ1n) is 6.34. The van der Waals surface area contributed by atoms with Crippen molar-refractivity contribution in [1.29, 1.82) is 0 Å². The fourth-order valence-electron chi connectivity index (χ4n) is 2.56. The first-order chi connectivity index (χ1) is 8.58. The van der Waals surface area contributed by atoms with Crippen molar-refractivity contribution >= 4 is 5.97 Å². The van der Waals surface area contributed by atoms with Crippen molar-refractivity contribution in [2.75, 3.05) is 13.1 Å².